The molecule has 1 unspecified atom stereocenters. The van der Waals surface area contributed by atoms with E-state index in [-0.39, 0.29) is 6.04 Å². The summed E-state index contributed by atoms with van der Waals surface area (Å²) in [4.78, 5) is 1.99. The number of rotatable bonds is 1. The second-order valence-corrected chi connectivity index (χ2v) is 5.42. The Morgan fingerprint density at radius 1 is 1.28 bits per heavy atom. The molecule has 18 heavy (non-hydrogen) atoms. The van der Waals surface area contributed by atoms with Crippen LogP contribution in [0.25, 0.3) is 0 Å². The van der Waals surface area contributed by atoms with Gasteiger partial charge in [0, 0.05) is 16.3 Å². The molecule has 1 aromatic carbocycles. The van der Waals surface area contributed by atoms with Gasteiger partial charge in [-0.2, -0.15) is 4.68 Å². The SMILES string of the molecule is CC1=CC(c2ccccc2I)n2nnnc2N1C. The van der Waals surface area contributed by atoms with Crippen molar-refractivity contribution >= 4 is 28.5 Å². The molecule has 0 radical (unpaired) electrons. The van der Waals surface area contributed by atoms with Gasteiger partial charge < -0.3 is 4.90 Å². The van der Waals surface area contributed by atoms with E-state index in [1.165, 1.54) is 9.13 Å². The van der Waals surface area contributed by atoms with E-state index in [9.17, 15) is 0 Å². The zero-order chi connectivity index (χ0) is 12.7. The molecule has 0 spiro atoms. The molecule has 0 aliphatic carbocycles. The topological polar surface area (TPSA) is 46.8 Å². The van der Waals surface area contributed by atoms with Crippen molar-refractivity contribution in [2.75, 3.05) is 11.9 Å². The predicted molar refractivity (Wildman–Crippen MR) is 77.3 cm³/mol. The van der Waals surface area contributed by atoms with Gasteiger partial charge in [-0.25, -0.2) is 0 Å². The minimum atomic E-state index is 0.0688. The van der Waals surface area contributed by atoms with Gasteiger partial charge >= 0.3 is 0 Å². The van der Waals surface area contributed by atoms with Crippen molar-refractivity contribution in [1.29, 1.82) is 0 Å². The molecule has 3 rings (SSSR count). The fourth-order valence-electron chi connectivity index (χ4n) is 2.09. The number of nitrogens with zero attached hydrogens (tertiary/aromatic N) is 5. The van der Waals surface area contributed by atoms with E-state index < -0.39 is 0 Å². The molecule has 0 bridgehead atoms. The number of tetrazole rings is 1. The van der Waals surface area contributed by atoms with Crippen LogP contribution in [0.4, 0.5) is 5.95 Å². The lowest BCUT2D eigenvalue weighted by molar-refractivity contribution is 0.565. The molecule has 1 aliphatic heterocycles. The van der Waals surface area contributed by atoms with E-state index in [1.54, 1.807) is 0 Å². The Kier molecular flexibility index (Phi) is 2.81. The molecule has 0 saturated carbocycles. The first-order valence-electron chi connectivity index (χ1n) is 5.63. The Hall–Kier alpha value is -1.44. The summed E-state index contributed by atoms with van der Waals surface area (Å²) < 4.78 is 3.07. The highest BCUT2D eigenvalue weighted by atomic mass is 127. The highest BCUT2D eigenvalue weighted by Crippen LogP contribution is 2.32. The minimum absolute atomic E-state index is 0.0688. The van der Waals surface area contributed by atoms with Crippen molar-refractivity contribution in [2.45, 2.75) is 13.0 Å². The minimum Gasteiger partial charge on any atom is -0.317 e. The Bertz CT molecular complexity index is 618. The van der Waals surface area contributed by atoms with Crippen molar-refractivity contribution in [3.05, 3.63) is 45.2 Å². The molecule has 0 N–H and O–H groups in total. The van der Waals surface area contributed by atoms with Crippen molar-refractivity contribution in [3.63, 3.8) is 0 Å². The zero-order valence-electron chi connectivity index (χ0n) is 10.1. The normalized spacial score (nSPS) is 18.5. The summed E-state index contributed by atoms with van der Waals surface area (Å²) in [5, 5.41) is 12.0. The maximum atomic E-state index is 4.11. The number of anilines is 1. The first-order valence-corrected chi connectivity index (χ1v) is 6.71. The fourth-order valence-corrected chi connectivity index (χ4v) is 2.80. The number of hydrogen-bond acceptors (Lipinski definition) is 4. The Morgan fingerprint density at radius 2 is 2.06 bits per heavy atom. The lowest BCUT2D eigenvalue weighted by Crippen LogP contribution is -2.28. The van der Waals surface area contributed by atoms with Gasteiger partial charge in [0.15, 0.2) is 0 Å². The van der Waals surface area contributed by atoms with Crippen LogP contribution >= 0.6 is 22.6 Å². The summed E-state index contributed by atoms with van der Waals surface area (Å²) >= 11 is 2.35. The molecular formula is C12H12IN5. The maximum Gasteiger partial charge on any atom is 0.250 e. The van der Waals surface area contributed by atoms with Crippen molar-refractivity contribution in [2.24, 2.45) is 0 Å². The van der Waals surface area contributed by atoms with E-state index in [2.05, 4.69) is 63.2 Å². The summed E-state index contributed by atoms with van der Waals surface area (Å²) in [6.07, 6.45) is 2.18. The number of hydrogen-bond donors (Lipinski definition) is 0. The van der Waals surface area contributed by atoms with Crippen LogP contribution < -0.4 is 4.90 Å². The average Bonchev–Trinajstić information content (AvgIpc) is 2.84. The lowest BCUT2D eigenvalue weighted by Gasteiger charge is -2.28. The van der Waals surface area contributed by atoms with Crippen molar-refractivity contribution in [3.8, 4) is 0 Å². The van der Waals surface area contributed by atoms with E-state index in [0.717, 1.165) is 11.6 Å². The summed E-state index contributed by atoms with van der Waals surface area (Å²) in [6, 6.07) is 8.37. The Morgan fingerprint density at radius 3 is 2.83 bits per heavy atom. The van der Waals surface area contributed by atoms with Crippen LogP contribution in [-0.2, 0) is 0 Å². The average molecular weight is 353 g/mol. The van der Waals surface area contributed by atoms with Gasteiger partial charge in [-0.1, -0.05) is 23.3 Å². The van der Waals surface area contributed by atoms with Crippen molar-refractivity contribution < 1.29 is 0 Å². The predicted octanol–water partition coefficient (Wildman–Crippen LogP) is 2.22. The molecule has 6 heteroatoms. The maximum absolute atomic E-state index is 4.11. The fraction of sp³-hybridized carbons (Fsp3) is 0.250. The molecule has 0 saturated heterocycles. The van der Waals surface area contributed by atoms with Gasteiger partial charge in [-0.05, 0) is 57.6 Å². The second-order valence-electron chi connectivity index (χ2n) is 4.26. The van der Waals surface area contributed by atoms with Crippen LogP contribution in [0.2, 0.25) is 0 Å². The highest BCUT2D eigenvalue weighted by Gasteiger charge is 2.26. The first kappa shape index (κ1) is 11.6. The van der Waals surface area contributed by atoms with Crippen LogP contribution in [0.5, 0.6) is 0 Å². The molecule has 2 heterocycles. The molecule has 92 valence electrons. The third-order valence-corrected chi connectivity index (χ3v) is 4.17. The molecule has 1 atom stereocenters. The largest absolute Gasteiger partial charge is 0.317 e. The van der Waals surface area contributed by atoms with Gasteiger partial charge in [0.1, 0.15) is 6.04 Å². The van der Waals surface area contributed by atoms with Gasteiger partial charge in [0.2, 0.25) is 5.95 Å². The number of fused-ring (bicyclic) bond motifs is 1. The molecule has 2 aromatic rings. The Labute approximate surface area is 119 Å². The standard InChI is InChI=1S/C12H12IN5/c1-8-7-11(9-5-3-4-6-10(9)13)18-12(17(8)2)14-15-16-18/h3-7,11H,1-2H3. The van der Waals surface area contributed by atoms with E-state index >= 15 is 0 Å². The van der Waals surface area contributed by atoms with Crippen molar-refractivity contribution in [1.82, 2.24) is 20.2 Å². The Balaban J connectivity index is 2.16. The molecule has 5 nitrogen and oxygen atoms in total. The van der Waals surface area contributed by atoms with Gasteiger partial charge in [-0.15, -0.1) is 0 Å². The first-order chi connectivity index (χ1) is 8.68. The van der Waals surface area contributed by atoms with Gasteiger partial charge in [-0.3, -0.25) is 0 Å². The second kappa shape index (κ2) is 4.34. The third-order valence-electron chi connectivity index (χ3n) is 3.19. The lowest BCUT2D eigenvalue weighted by atomic mass is 10.0. The number of halogens is 1. The van der Waals surface area contributed by atoms with E-state index in [1.807, 2.05) is 28.8 Å². The summed E-state index contributed by atoms with van der Waals surface area (Å²) in [7, 11) is 1.97. The third kappa shape index (κ3) is 1.71. The van der Waals surface area contributed by atoms with Crippen LogP contribution in [0.1, 0.15) is 18.5 Å². The highest BCUT2D eigenvalue weighted by molar-refractivity contribution is 14.1. The van der Waals surface area contributed by atoms with Crippen LogP contribution in [0.3, 0.4) is 0 Å². The monoisotopic (exact) mass is 353 g/mol. The van der Waals surface area contributed by atoms with Crippen LogP contribution in [-0.4, -0.2) is 27.3 Å². The van der Waals surface area contributed by atoms with E-state index in [4.69, 9.17) is 0 Å². The quantitative estimate of drug-likeness (QED) is 0.738. The molecule has 0 amide bonds. The van der Waals surface area contributed by atoms with Crippen LogP contribution in [0.15, 0.2) is 36.0 Å². The molecule has 1 aromatic heterocycles. The summed E-state index contributed by atoms with van der Waals surface area (Å²) in [5.41, 5.74) is 2.38. The summed E-state index contributed by atoms with van der Waals surface area (Å²) in [5.74, 6) is 0.777. The van der Waals surface area contributed by atoms with E-state index in [0.29, 0.717) is 0 Å². The molecule has 1 aliphatic rings. The summed E-state index contributed by atoms with van der Waals surface area (Å²) in [6.45, 7) is 2.07. The number of aromatic nitrogens is 4. The van der Waals surface area contributed by atoms with Gasteiger partial charge in [0.05, 0.1) is 0 Å². The number of allylic oxidation sites excluding steroid dienone is 2. The number of benzene rings is 1. The molecule has 0 fully saturated rings. The van der Waals surface area contributed by atoms with Gasteiger partial charge in [0.25, 0.3) is 0 Å². The zero-order valence-corrected chi connectivity index (χ0v) is 12.2. The smallest absolute Gasteiger partial charge is 0.250 e. The van der Waals surface area contributed by atoms with Crippen LogP contribution in [0, 0.1) is 3.57 Å². The molecular weight excluding hydrogens is 341 g/mol.